The maximum absolute atomic E-state index is 13.8. The molecule has 0 bridgehead atoms. The first-order valence-electron chi connectivity index (χ1n) is 10.9. The van der Waals surface area contributed by atoms with Gasteiger partial charge in [0.2, 0.25) is 0 Å². The Kier molecular flexibility index (Phi) is 7.16. The molecular weight excluding hydrogens is 426 g/mol. The van der Waals surface area contributed by atoms with Crippen molar-refractivity contribution in [2.24, 2.45) is 0 Å². The molecule has 0 saturated carbocycles. The zero-order valence-electron chi connectivity index (χ0n) is 18.8. The summed E-state index contributed by atoms with van der Waals surface area (Å²) >= 11 is 1.52. The number of carbonyl (C=O) groups excluding carboxylic acids is 1. The number of benzene rings is 4. The molecule has 4 rings (SSSR count). The Labute approximate surface area is 199 Å². The van der Waals surface area contributed by atoms with Gasteiger partial charge in [0.05, 0.1) is 13.2 Å². The van der Waals surface area contributed by atoms with E-state index in [1.807, 2.05) is 78.9 Å². The second-order valence-corrected chi connectivity index (χ2v) is 9.18. The SMILES string of the molecule is COC(=O)[C@](Sc1ccc(C)cc1)(c1ccccc1)[C@@H](Nc1ccccc1)c1ccccc1. The third-order valence-corrected chi connectivity index (χ3v) is 7.08. The molecule has 0 unspecified atom stereocenters. The lowest BCUT2D eigenvalue weighted by Gasteiger charge is -2.39. The summed E-state index contributed by atoms with van der Waals surface area (Å²) in [7, 11) is 1.46. The van der Waals surface area contributed by atoms with Crippen molar-refractivity contribution in [3.8, 4) is 0 Å². The molecule has 4 heteroatoms. The Hall–Kier alpha value is -3.50. The normalized spacial score (nSPS) is 13.5. The van der Waals surface area contributed by atoms with Crippen LogP contribution in [0.5, 0.6) is 0 Å². The number of hydrogen-bond acceptors (Lipinski definition) is 4. The van der Waals surface area contributed by atoms with Crippen molar-refractivity contribution >= 4 is 23.4 Å². The molecule has 4 aromatic carbocycles. The van der Waals surface area contributed by atoms with Crippen LogP contribution in [0.15, 0.2) is 120 Å². The highest BCUT2D eigenvalue weighted by atomic mass is 32.2. The average Bonchev–Trinajstić information content (AvgIpc) is 2.88. The largest absolute Gasteiger partial charge is 0.468 e. The van der Waals surface area contributed by atoms with Gasteiger partial charge in [-0.25, -0.2) is 0 Å². The number of hydrogen-bond donors (Lipinski definition) is 1. The number of esters is 1. The van der Waals surface area contributed by atoms with Crippen LogP contribution in [-0.2, 0) is 14.3 Å². The van der Waals surface area contributed by atoms with Gasteiger partial charge < -0.3 is 10.1 Å². The van der Waals surface area contributed by atoms with Gasteiger partial charge in [0.1, 0.15) is 0 Å². The van der Waals surface area contributed by atoms with E-state index in [1.54, 1.807) is 0 Å². The molecule has 0 fully saturated rings. The predicted octanol–water partition coefficient (Wildman–Crippen LogP) is 7.01. The highest BCUT2D eigenvalue weighted by molar-refractivity contribution is 8.01. The summed E-state index contributed by atoms with van der Waals surface area (Å²) in [5.41, 5.74) is 3.97. The van der Waals surface area contributed by atoms with Crippen molar-refractivity contribution < 1.29 is 9.53 Å². The summed E-state index contributed by atoms with van der Waals surface area (Å²) in [5, 5.41) is 3.66. The number of aryl methyl sites for hydroxylation is 1. The molecule has 1 N–H and O–H groups in total. The fourth-order valence-electron chi connectivity index (χ4n) is 3.96. The Balaban J connectivity index is 1.95. The van der Waals surface area contributed by atoms with Crippen LogP contribution in [0.1, 0.15) is 22.7 Å². The van der Waals surface area contributed by atoms with Crippen LogP contribution >= 0.6 is 11.8 Å². The van der Waals surface area contributed by atoms with E-state index < -0.39 is 10.8 Å². The topological polar surface area (TPSA) is 38.3 Å². The van der Waals surface area contributed by atoms with Crippen LogP contribution in [0.2, 0.25) is 0 Å². The predicted molar refractivity (Wildman–Crippen MR) is 136 cm³/mol. The molecule has 0 aromatic heterocycles. The summed E-state index contributed by atoms with van der Waals surface area (Å²) in [4.78, 5) is 14.8. The van der Waals surface area contributed by atoms with E-state index in [-0.39, 0.29) is 5.97 Å². The molecular formula is C29H27NO2S. The van der Waals surface area contributed by atoms with Crippen LogP contribution in [0.4, 0.5) is 5.69 Å². The Morgan fingerprint density at radius 2 is 1.33 bits per heavy atom. The highest BCUT2D eigenvalue weighted by Gasteiger charge is 2.50. The van der Waals surface area contributed by atoms with E-state index in [2.05, 4.69) is 48.6 Å². The fourth-order valence-corrected chi connectivity index (χ4v) is 5.34. The lowest BCUT2D eigenvalue weighted by molar-refractivity contribution is -0.144. The summed E-state index contributed by atoms with van der Waals surface area (Å²) in [6, 6.07) is 37.8. The minimum Gasteiger partial charge on any atom is -0.468 e. The number of rotatable bonds is 8. The quantitative estimate of drug-likeness (QED) is 0.230. The summed E-state index contributed by atoms with van der Waals surface area (Å²) < 4.78 is 4.43. The number of carbonyl (C=O) groups is 1. The van der Waals surface area contributed by atoms with Crippen molar-refractivity contribution in [3.63, 3.8) is 0 Å². The van der Waals surface area contributed by atoms with Crippen molar-refractivity contribution in [1.82, 2.24) is 0 Å². The molecule has 0 spiro atoms. The number of para-hydroxylation sites is 1. The highest BCUT2D eigenvalue weighted by Crippen LogP contribution is 2.52. The van der Waals surface area contributed by atoms with Gasteiger partial charge in [-0.1, -0.05) is 96.6 Å². The van der Waals surface area contributed by atoms with E-state index in [0.717, 1.165) is 21.7 Å². The molecule has 0 saturated heterocycles. The smallest absolute Gasteiger partial charge is 0.329 e. The van der Waals surface area contributed by atoms with Gasteiger partial charge in [0, 0.05) is 10.6 Å². The third kappa shape index (κ3) is 4.96. The molecule has 33 heavy (non-hydrogen) atoms. The first-order chi connectivity index (χ1) is 16.1. The van der Waals surface area contributed by atoms with Gasteiger partial charge in [-0.2, -0.15) is 0 Å². The summed E-state index contributed by atoms with van der Waals surface area (Å²) in [5.74, 6) is -0.309. The van der Waals surface area contributed by atoms with Crippen molar-refractivity contribution in [3.05, 3.63) is 132 Å². The van der Waals surface area contributed by atoms with Gasteiger partial charge in [0.15, 0.2) is 4.75 Å². The van der Waals surface area contributed by atoms with Crippen LogP contribution in [0.25, 0.3) is 0 Å². The zero-order valence-corrected chi connectivity index (χ0v) is 19.6. The lowest BCUT2D eigenvalue weighted by atomic mass is 9.85. The van der Waals surface area contributed by atoms with Gasteiger partial charge >= 0.3 is 5.97 Å². The van der Waals surface area contributed by atoms with Crippen molar-refractivity contribution in [2.45, 2.75) is 22.6 Å². The molecule has 0 amide bonds. The van der Waals surface area contributed by atoms with E-state index in [9.17, 15) is 4.79 Å². The minimum atomic E-state index is -1.08. The standard InChI is InChI=1S/C29H27NO2S/c1-22-18-20-26(21-19-22)33-29(28(31)32-2,24-14-8-4-9-15-24)27(23-12-6-3-7-13-23)30-25-16-10-5-11-17-25/h3-21,27,30H,1-2H3/t27-,29-/m0/s1. The van der Waals surface area contributed by atoms with E-state index in [0.29, 0.717) is 0 Å². The van der Waals surface area contributed by atoms with Crippen LogP contribution in [0, 0.1) is 6.92 Å². The second kappa shape index (κ2) is 10.4. The number of methoxy groups -OCH3 is 1. The maximum atomic E-state index is 13.8. The minimum absolute atomic E-state index is 0.309. The number of ether oxygens (including phenoxy) is 1. The third-order valence-electron chi connectivity index (χ3n) is 5.62. The lowest BCUT2D eigenvalue weighted by Crippen LogP contribution is -2.43. The maximum Gasteiger partial charge on any atom is 0.329 e. The van der Waals surface area contributed by atoms with Gasteiger partial charge in [-0.15, -0.1) is 11.8 Å². The van der Waals surface area contributed by atoms with E-state index in [4.69, 9.17) is 4.74 Å². The molecule has 0 aliphatic carbocycles. The number of thioether (sulfide) groups is 1. The average molecular weight is 454 g/mol. The number of nitrogens with one attached hydrogen (secondary N) is 1. The molecule has 0 heterocycles. The van der Waals surface area contributed by atoms with Crippen molar-refractivity contribution in [2.75, 3.05) is 12.4 Å². The van der Waals surface area contributed by atoms with Crippen LogP contribution in [-0.4, -0.2) is 13.1 Å². The summed E-state index contributed by atoms with van der Waals surface area (Å²) in [6.45, 7) is 2.06. The van der Waals surface area contributed by atoms with E-state index >= 15 is 0 Å². The Bertz CT molecular complexity index is 1160. The molecule has 2 atom stereocenters. The fraction of sp³-hybridized carbons (Fsp3) is 0.138. The van der Waals surface area contributed by atoms with Gasteiger partial charge in [-0.3, -0.25) is 4.79 Å². The molecule has 166 valence electrons. The summed E-state index contributed by atoms with van der Waals surface area (Å²) in [6.07, 6.45) is 0. The molecule has 0 radical (unpaired) electrons. The first-order valence-corrected chi connectivity index (χ1v) is 11.7. The van der Waals surface area contributed by atoms with Crippen LogP contribution < -0.4 is 5.32 Å². The first kappa shape index (κ1) is 22.7. The Morgan fingerprint density at radius 1 is 0.788 bits per heavy atom. The monoisotopic (exact) mass is 453 g/mol. The van der Waals surface area contributed by atoms with Crippen molar-refractivity contribution in [1.29, 1.82) is 0 Å². The Morgan fingerprint density at radius 3 is 1.91 bits per heavy atom. The molecule has 4 aromatic rings. The number of anilines is 1. The zero-order chi connectivity index (χ0) is 23.1. The van der Waals surface area contributed by atoms with Gasteiger partial charge in [-0.05, 0) is 42.3 Å². The molecule has 0 aliphatic heterocycles. The second-order valence-electron chi connectivity index (χ2n) is 7.86. The van der Waals surface area contributed by atoms with Crippen LogP contribution in [0.3, 0.4) is 0 Å². The molecule has 0 aliphatic rings. The van der Waals surface area contributed by atoms with E-state index in [1.165, 1.54) is 24.4 Å². The molecule has 3 nitrogen and oxygen atoms in total. The van der Waals surface area contributed by atoms with Gasteiger partial charge in [0.25, 0.3) is 0 Å².